The van der Waals surface area contributed by atoms with Crippen molar-refractivity contribution in [3.63, 3.8) is 0 Å². The van der Waals surface area contributed by atoms with Gasteiger partial charge >= 0.3 is 11.9 Å². The first-order valence-corrected chi connectivity index (χ1v) is 8.85. The van der Waals surface area contributed by atoms with Crippen molar-refractivity contribution in [2.24, 2.45) is 0 Å². The monoisotopic (exact) mass is 406 g/mol. The van der Waals surface area contributed by atoms with E-state index in [-0.39, 0.29) is 15.6 Å². The molecule has 2 aromatic rings. The maximum atomic E-state index is 12.1. The molecule has 5 nitrogen and oxygen atoms in total. The second-order valence-electron chi connectivity index (χ2n) is 6.31. The molecule has 0 amide bonds. The van der Waals surface area contributed by atoms with E-state index in [4.69, 9.17) is 37.4 Å². The number of hydrogen-bond donors (Lipinski definition) is 0. The van der Waals surface area contributed by atoms with Crippen molar-refractivity contribution in [3.8, 4) is 5.75 Å². The average molecular weight is 407 g/mol. The molecule has 7 heteroatoms. The summed E-state index contributed by atoms with van der Waals surface area (Å²) in [5.74, 6) is -2.44. The summed E-state index contributed by atoms with van der Waals surface area (Å²) in [7, 11) is 0. The van der Waals surface area contributed by atoms with Crippen molar-refractivity contribution in [3.05, 3.63) is 69.2 Å². The van der Waals surface area contributed by atoms with Gasteiger partial charge in [-0.2, -0.15) is 0 Å². The smallest absolute Gasteiger partial charge is 0.348 e. The van der Waals surface area contributed by atoms with Crippen LogP contribution in [-0.2, 0) is 25.7 Å². The predicted octanol–water partition coefficient (Wildman–Crippen LogP) is 4.79. The Morgan fingerprint density at radius 3 is 2.11 bits per heavy atom. The lowest BCUT2D eigenvalue weighted by molar-refractivity contribution is -0.222. The molecule has 0 aliphatic carbocycles. The van der Waals surface area contributed by atoms with E-state index in [1.54, 1.807) is 12.1 Å². The summed E-state index contributed by atoms with van der Waals surface area (Å²) in [5.41, 5.74) is 1.01. The summed E-state index contributed by atoms with van der Waals surface area (Å²) < 4.78 is 15.8. The molecule has 0 radical (unpaired) electrons. The molecule has 1 fully saturated rings. The number of esters is 2. The molecular formula is C20H16Cl2O5. The molecule has 1 saturated heterocycles. The highest BCUT2D eigenvalue weighted by Crippen LogP contribution is 2.34. The number of rotatable bonds is 4. The van der Waals surface area contributed by atoms with E-state index in [2.05, 4.69) is 0 Å². The van der Waals surface area contributed by atoms with E-state index in [0.717, 1.165) is 5.56 Å². The van der Waals surface area contributed by atoms with Gasteiger partial charge in [0.05, 0.1) is 10.0 Å². The predicted molar refractivity (Wildman–Crippen MR) is 101 cm³/mol. The molecular weight excluding hydrogens is 391 g/mol. The van der Waals surface area contributed by atoms with Crippen LogP contribution in [0.25, 0.3) is 6.08 Å². The summed E-state index contributed by atoms with van der Waals surface area (Å²) >= 11 is 12.5. The molecule has 0 aromatic heterocycles. The van der Waals surface area contributed by atoms with Gasteiger partial charge in [-0.25, -0.2) is 9.59 Å². The van der Waals surface area contributed by atoms with E-state index in [9.17, 15) is 9.59 Å². The lowest BCUT2D eigenvalue weighted by Crippen LogP contribution is -2.41. The first-order valence-electron chi connectivity index (χ1n) is 8.09. The van der Waals surface area contributed by atoms with Crippen LogP contribution in [-0.4, -0.2) is 17.7 Å². The standard InChI is InChI=1S/C20H16Cl2O5/c1-20(2)26-18(23)15(19(24)27-20)10-14-16(21)8-13(9-17(14)22)25-11-12-6-4-3-5-7-12/h3-10H,11H2,1-2H3. The average Bonchev–Trinajstić information content (AvgIpc) is 2.58. The minimum absolute atomic E-state index is 0.225. The number of carbonyl (C=O) groups excluding carboxylic acids is 2. The first kappa shape index (κ1) is 19.3. The molecule has 0 bridgehead atoms. The highest BCUT2D eigenvalue weighted by atomic mass is 35.5. The highest BCUT2D eigenvalue weighted by Gasteiger charge is 2.39. The second-order valence-corrected chi connectivity index (χ2v) is 7.13. The molecule has 1 aliphatic rings. The molecule has 0 atom stereocenters. The van der Waals surface area contributed by atoms with Crippen molar-refractivity contribution in [1.29, 1.82) is 0 Å². The molecule has 2 aromatic carbocycles. The Labute approximate surface area is 166 Å². The Balaban J connectivity index is 1.83. The minimum Gasteiger partial charge on any atom is -0.489 e. The second kappa shape index (κ2) is 7.62. The number of hydrogen-bond acceptors (Lipinski definition) is 5. The Bertz CT molecular complexity index is 874. The van der Waals surface area contributed by atoms with E-state index in [1.165, 1.54) is 19.9 Å². The van der Waals surface area contributed by atoms with Crippen LogP contribution in [0.5, 0.6) is 5.75 Å². The van der Waals surface area contributed by atoms with Gasteiger partial charge in [-0.15, -0.1) is 0 Å². The van der Waals surface area contributed by atoms with E-state index < -0.39 is 17.7 Å². The van der Waals surface area contributed by atoms with E-state index in [1.807, 2.05) is 30.3 Å². The lowest BCUT2D eigenvalue weighted by Gasteiger charge is -2.29. The zero-order valence-electron chi connectivity index (χ0n) is 14.6. The summed E-state index contributed by atoms with van der Waals surface area (Å²) in [6.07, 6.45) is 1.26. The Kier molecular flexibility index (Phi) is 5.44. The molecule has 140 valence electrons. The maximum Gasteiger partial charge on any atom is 0.348 e. The third-order valence-corrected chi connectivity index (χ3v) is 4.33. The molecule has 1 heterocycles. The highest BCUT2D eigenvalue weighted by molar-refractivity contribution is 6.38. The molecule has 0 N–H and O–H groups in total. The van der Waals surface area contributed by atoms with Crippen molar-refractivity contribution < 1.29 is 23.8 Å². The van der Waals surface area contributed by atoms with Gasteiger partial charge < -0.3 is 14.2 Å². The molecule has 0 spiro atoms. The molecule has 3 rings (SSSR count). The van der Waals surface area contributed by atoms with Crippen LogP contribution in [0.3, 0.4) is 0 Å². The molecule has 0 unspecified atom stereocenters. The van der Waals surface area contributed by atoms with Crippen LogP contribution in [0.2, 0.25) is 10.0 Å². The van der Waals surface area contributed by atoms with Crippen LogP contribution in [0, 0.1) is 0 Å². The summed E-state index contributed by atoms with van der Waals surface area (Å²) in [6.45, 7) is 3.29. The first-order chi connectivity index (χ1) is 12.7. The van der Waals surface area contributed by atoms with Crippen molar-refractivity contribution in [2.45, 2.75) is 26.2 Å². The minimum atomic E-state index is -1.31. The van der Waals surface area contributed by atoms with Gasteiger partial charge in [0.1, 0.15) is 17.9 Å². The van der Waals surface area contributed by atoms with Crippen LogP contribution < -0.4 is 4.74 Å². The SMILES string of the molecule is CC1(C)OC(=O)C(=Cc2c(Cl)cc(OCc3ccccc3)cc2Cl)C(=O)O1. The van der Waals surface area contributed by atoms with Crippen molar-refractivity contribution >= 4 is 41.2 Å². The van der Waals surface area contributed by atoms with Gasteiger partial charge in [0.15, 0.2) is 0 Å². The van der Waals surface area contributed by atoms with Gasteiger partial charge in [-0.1, -0.05) is 53.5 Å². The summed E-state index contributed by atoms with van der Waals surface area (Å²) in [5, 5.41) is 0.451. The fourth-order valence-electron chi connectivity index (χ4n) is 2.45. The Morgan fingerprint density at radius 1 is 1.00 bits per heavy atom. The van der Waals surface area contributed by atoms with Crippen LogP contribution in [0.4, 0.5) is 0 Å². The quantitative estimate of drug-likeness (QED) is 0.414. The van der Waals surface area contributed by atoms with Gasteiger partial charge in [-0.05, 0) is 23.8 Å². The van der Waals surface area contributed by atoms with Crippen LogP contribution >= 0.6 is 23.2 Å². The number of carbonyl (C=O) groups is 2. The van der Waals surface area contributed by atoms with Crippen LogP contribution in [0.15, 0.2) is 48.0 Å². The number of ether oxygens (including phenoxy) is 3. The van der Waals surface area contributed by atoms with E-state index >= 15 is 0 Å². The van der Waals surface area contributed by atoms with Crippen molar-refractivity contribution in [2.75, 3.05) is 0 Å². The summed E-state index contributed by atoms with van der Waals surface area (Å²) in [6, 6.07) is 12.7. The van der Waals surface area contributed by atoms with Gasteiger partial charge in [0.2, 0.25) is 0 Å². The number of halogens is 2. The lowest BCUT2D eigenvalue weighted by atomic mass is 10.1. The van der Waals surface area contributed by atoms with Crippen LogP contribution in [0.1, 0.15) is 25.0 Å². The molecule has 27 heavy (non-hydrogen) atoms. The molecule has 0 saturated carbocycles. The van der Waals surface area contributed by atoms with E-state index in [0.29, 0.717) is 17.9 Å². The fraction of sp³-hybridized carbons (Fsp3) is 0.200. The third-order valence-electron chi connectivity index (χ3n) is 3.71. The van der Waals surface area contributed by atoms with Crippen molar-refractivity contribution in [1.82, 2.24) is 0 Å². The van der Waals surface area contributed by atoms with Gasteiger partial charge in [0.25, 0.3) is 5.79 Å². The number of benzene rings is 2. The third kappa shape index (κ3) is 4.62. The topological polar surface area (TPSA) is 61.8 Å². The van der Waals surface area contributed by atoms with Gasteiger partial charge in [-0.3, -0.25) is 0 Å². The molecule has 1 aliphatic heterocycles. The summed E-state index contributed by atoms with van der Waals surface area (Å²) in [4.78, 5) is 24.1. The zero-order chi connectivity index (χ0) is 19.6. The number of cyclic esters (lactones) is 2. The Hall–Kier alpha value is -2.50. The largest absolute Gasteiger partial charge is 0.489 e. The fourth-order valence-corrected chi connectivity index (χ4v) is 3.02. The Morgan fingerprint density at radius 2 is 1.56 bits per heavy atom. The van der Waals surface area contributed by atoms with Gasteiger partial charge in [0, 0.05) is 19.4 Å². The maximum absolute atomic E-state index is 12.1. The normalized spacial score (nSPS) is 15.8. The zero-order valence-corrected chi connectivity index (χ0v) is 16.1.